The van der Waals surface area contributed by atoms with Gasteiger partial charge in [0.25, 0.3) is 0 Å². The molecular formula is C17H21NO4. The summed E-state index contributed by atoms with van der Waals surface area (Å²) in [7, 11) is 0. The summed E-state index contributed by atoms with van der Waals surface area (Å²) >= 11 is 0. The lowest BCUT2D eigenvalue weighted by atomic mass is 9.89. The van der Waals surface area contributed by atoms with Crippen LogP contribution in [0.3, 0.4) is 0 Å². The average Bonchev–Trinajstić information content (AvgIpc) is 2.54. The molecule has 1 aromatic rings. The number of rotatable bonds is 3. The van der Waals surface area contributed by atoms with E-state index in [-0.39, 0.29) is 18.6 Å². The Morgan fingerprint density at radius 3 is 2.82 bits per heavy atom. The van der Waals surface area contributed by atoms with Gasteiger partial charge in [0.15, 0.2) is 0 Å². The predicted octanol–water partition coefficient (Wildman–Crippen LogP) is 2.16. The maximum absolute atomic E-state index is 12.5. The van der Waals surface area contributed by atoms with Gasteiger partial charge in [0.1, 0.15) is 0 Å². The van der Waals surface area contributed by atoms with Crippen molar-refractivity contribution in [1.29, 1.82) is 0 Å². The summed E-state index contributed by atoms with van der Waals surface area (Å²) in [6, 6.07) is 7.49. The van der Waals surface area contributed by atoms with Crippen LogP contribution in [0, 0.1) is 0 Å². The third-order valence-electron chi connectivity index (χ3n) is 4.52. The summed E-state index contributed by atoms with van der Waals surface area (Å²) in [5.41, 5.74) is 1.76. The van der Waals surface area contributed by atoms with Crippen LogP contribution in [-0.4, -0.2) is 41.1 Å². The van der Waals surface area contributed by atoms with Crippen molar-refractivity contribution in [2.24, 2.45) is 0 Å². The zero-order valence-corrected chi connectivity index (χ0v) is 12.5. The number of carbonyl (C=O) groups is 2. The molecule has 1 N–H and O–H groups in total. The number of benzene rings is 1. The molecule has 2 atom stereocenters. The van der Waals surface area contributed by atoms with E-state index in [1.165, 1.54) is 0 Å². The number of aliphatic carboxylic acids is 1. The van der Waals surface area contributed by atoms with Gasteiger partial charge in [-0.15, -0.1) is 0 Å². The van der Waals surface area contributed by atoms with Crippen LogP contribution in [0.4, 0.5) is 0 Å². The first-order valence-electron chi connectivity index (χ1n) is 7.85. The smallest absolute Gasteiger partial charge is 0.312 e. The number of hydrogen-bond donors (Lipinski definition) is 1. The van der Waals surface area contributed by atoms with E-state index in [9.17, 15) is 14.7 Å². The van der Waals surface area contributed by atoms with E-state index in [2.05, 4.69) is 0 Å². The highest BCUT2D eigenvalue weighted by Crippen LogP contribution is 2.29. The summed E-state index contributed by atoms with van der Waals surface area (Å²) in [6.07, 6.45) is 3.41. The Balaban J connectivity index is 1.72. The molecule has 1 aromatic carbocycles. The molecule has 2 aliphatic rings. The second-order valence-corrected chi connectivity index (χ2v) is 6.06. The van der Waals surface area contributed by atoms with Crippen molar-refractivity contribution in [2.75, 3.05) is 13.2 Å². The minimum Gasteiger partial charge on any atom is -0.481 e. The molecule has 22 heavy (non-hydrogen) atoms. The monoisotopic (exact) mass is 303 g/mol. The summed E-state index contributed by atoms with van der Waals surface area (Å²) in [4.78, 5) is 25.7. The van der Waals surface area contributed by atoms with Gasteiger partial charge in [-0.3, -0.25) is 9.59 Å². The van der Waals surface area contributed by atoms with Gasteiger partial charge in [-0.2, -0.15) is 0 Å². The molecule has 5 nitrogen and oxygen atoms in total. The van der Waals surface area contributed by atoms with Crippen LogP contribution in [0.1, 0.15) is 42.7 Å². The molecule has 118 valence electrons. The van der Waals surface area contributed by atoms with E-state index in [0.29, 0.717) is 13.0 Å². The maximum atomic E-state index is 12.5. The summed E-state index contributed by atoms with van der Waals surface area (Å²) in [6.45, 7) is 1.46. The SMILES string of the molecule is O=C(O)C1CN(C(=O)CC2CCCCO2)Cc2ccccc21. The molecule has 0 saturated carbocycles. The molecule has 0 spiro atoms. The minimum atomic E-state index is -0.876. The first-order chi connectivity index (χ1) is 10.6. The summed E-state index contributed by atoms with van der Waals surface area (Å²) < 4.78 is 5.62. The van der Waals surface area contributed by atoms with Crippen molar-refractivity contribution >= 4 is 11.9 Å². The second kappa shape index (κ2) is 6.48. The Bertz CT molecular complexity index is 566. The number of carboxylic acids is 1. The fraction of sp³-hybridized carbons (Fsp3) is 0.529. The van der Waals surface area contributed by atoms with Crippen molar-refractivity contribution in [3.8, 4) is 0 Å². The number of carboxylic acid groups (broad SMARTS) is 1. The largest absolute Gasteiger partial charge is 0.481 e. The highest BCUT2D eigenvalue weighted by molar-refractivity contribution is 5.81. The third-order valence-corrected chi connectivity index (χ3v) is 4.52. The topological polar surface area (TPSA) is 66.8 Å². The van der Waals surface area contributed by atoms with Crippen molar-refractivity contribution in [1.82, 2.24) is 4.90 Å². The van der Waals surface area contributed by atoms with Crippen LogP contribution >= 0.6 is 0 Å². The summed E-state index contributed by atoms with van der Waals surface area (Å²) in [5, 5.41) is 9.44. The Hall–Kier alpha value is -1.88. The molecule has 2 heterocycles. The van der Waals surface area contributed by atoms with Gasteiger partial charge in [0.2, 0.25) is 5.91 Å². The maximum Gasteiger partial charge on any atom is 0.312 e. The molecule has 1 fully saturated rings. The van der Waals surface area contributed by atoms with Crippen LogP contribution in [-0.2, 0) is 20.9 Å². The number of fused-ring (bicyclic) bond motifs is 1. The number of hydrogen-bond acceptors (Lipinski definition) is 3. The van der Waals surface area contributed by atoms with Crippen LogP contribution < -0.4 is 0 Å². The molecule has 2 aliphatic heterocycles. The molecule has 3 rings (SSSR count). The highest BCUT2D eigenvalue weighted by Gasteiger charge is 2.33. The van der Waals surface area contributed by atoms with Gasteiger partial charge in [-0.1, -0.05) is 24.3 Å². The molecule has 2 unspecified atom stereocenters. The van der Waals surface area contributed by atoms with Crippen molar-refractivity contribution in [3.63, 3.8) is 0 Å². The molecule has 1 saturated heterocycles. The van der Waals surface area contributed by atoms with Crippen molar-refractivity contribution in [2.45, 2.75) is 44.2 Å². The lowest BCUT2D eigenvalue weighted by molar-refractivity contribution is -0.142. The van der Waals surface area contributed by atoms with E-state index in [1.807, 2.05) is 24.3 Å². The highest BCUT2D eigenvalue weighted by atomic mass is 16.5. The minimum absolute atomic E-state index is 0.00680. The van der Waals surface area contributed by atoms with Crippen LogP contribution in [0.25, 0.3) is 0 Å². The quantitative estimate of drug-likeness (QED) is 0.929. The summed E-state index contributed by atoms with van der Waals surface area (Å²) in [5.74, 6) is -1.52. The lowest BCUT2D eigenvalue weighted by Crippen LogP contribution is -2.42. The molecule has 0 radical (unpaired) electrons. The van der Waals surface area contributed by atoms with Crippen LogP contribution in [0.5, 0.6) is 0 Å². The van der Waals surface area contributed by atoms with Crippen LogP contribution in [0.15, 0.2) is 24.3 Å². The van der Waals surface area contributed by atoms with Gasteiger partial charge in [0.05, 0.1) is 18.4 Å². The van der Waals surface area contributed by atoms with E-state index in [4.69, 9.17) is 4.74 Å². The number of amides is 1. The molecule has 0 aromatic heterocycles. The zero-order valence-electron chi connectivity index (χ0n) is 12.5. The average molecular weight is 303 g/mol. The normalized spacial score (nSPS) is 24.6. The number of nitrogens with zero attached hydrogens (tertiary/aromatic N) is 1. The van der Waals surface area contributed by atoms with Gasteiger partial charge >= 0.3 is 5.97 Å². The zero-order chi connectivity index (χ0) is 15.5. The second-order valence-electron chi connectivity index (χ2n) is 6.06. The van der Waals surface area contributed by atoms with E-state index in [1.54, 1.807) is 4.90 Å². The molecule has 0 aliphatic carbocycles. The van der Waals surface area contributed by atoms with Crippen molar-refractivity contribution in [3.05, 3.63) is 35.4 Å². The number of ether oxygens (including phenoxy) is 1. The molecular weight excluding hydrogens is 282 g/mol. The van der Waals surface area contributed by atoms with Gasteiger partial charge in [-0.25, -0.2) is 0 Å². The first-order valence-corrected chi connectivity index (χ1v) is 7.85. The van der Waals surface area contributed by atoms with Crippen molar-refractivity contribution < 1.29 is 19.4 Å². The Morgan fingerprint density at radius 2 is 2.09 bits per heavy atom. The Labute approximate surface area is 129 Å². The van der Waals surface area contributed by atoms with E-state index < -0.39 is 11.9 Å². The van der Waals surface area contributed by atoms with Crippen LogP contribution in [0.2, 0.25) is 0 Å². The third kappa shape index (κ3) is 3.14. The Kier molecular flexibility index (Phi) is 4.43. The Morgan fingerprint density at radius 1 is 1.27 bits per heavy atom. The fourth-order valence-corrected chi connectivity index (χ4v) is 3.30. The van der Waals surface area contributed by atoms with Gasteiger partial charge in [-0.05, 0) is 30.4 Å². The van der Waals surface area contributed by atoms with Gasteiger partial charge in [0, 0.05) is 19.7 Å². The van der Waals surface area contributed by atoms with Gasteiger partial charge < -0.3 is 14.7 Å². The standard InChI is InChI=1S/C17H21NO4/c19-16(9-13-6-3-4-8-22-13)18-10-12-5-1-2-7-14(12)15(11-18)17(20)21/h1-2,5,7,13,15H,3-4,6,8-11H2,(H,20,21). The predicted molar refractivity (Wildman–Crippen MR) is 80.4 cm³/mol. The van der Waals surface area contributed by atoms with E-state index >= 15 is 0 Å². The molecule has 0 bridgehead atoms. The molecule has 1 amide bonds. The van der Waals surface area contributed by atoms with E-state index in [0.717, 1.165) is 37.0 Å². The lowest BCUT2D eigenvalue weighted by Gasteiger charge is -2.34. The fourth-order valence-electron chi connectivity index (χ4n) is 3.30. The molecule has 5 heteroatoms. The number of carbonyl (C=O) groups excluding carboxylic acids is 1. The first kappa shape index (κ1) is 15.0.